The Morgan fingerprint density at radius 1 is 1.42 bits per heavy atom. The van der Waals surface area contributed by atoms with Crippen LogP contribution in [-0.4, -0.2) is 17.8 Å². The van der Waals surface area contributed by atoms with Crippen LogP contribution in [0.3, 0.4) is 0 Å². The highest BCUT2D eigenvalue weighted by atomic mass is 35.5. The molecule has 2 rings (SSSR count). The Kier molecular flexibility index (Phi) is 5.12. The van der Waals surface area contributed by atoms with Crippen molar-refractivity contribution in [3.63, 3.8) is 0 Å². The van der Waals surface area contributed by atoms with Crippen molar-refractivity contribution in [2.45, 2.75) is 38.0 Å². The van der Waals surface area contributed by atoms with Crippen LogP contribution in [0.15, 0.2) is 18.2 Å². The molecule has 104 valence electrons. The molecule has 0 radical (unpaired) electrons. The molecule has 0 heterocycles. The number of amides is 1. The number of hydrogen-bond donors (Lipinski definition) is 1. The van der Waals surface area contributed by atoms with Gasteiger partial charge in [-0.3, -0.25) is 4.79 Å². The highest BCUT2D eigenvalue weighted by Crippen LogP contribution is 2.27. The molecule has 19 heavy (non-hydrogen) atoms. The summed E-state index contributed by atoms with van der Waals surface area (Å²) in [5, 5.41) is 3.90. The van der Waals surface area contributed by atoms with Crippen molar-refractivity contribution in [1.29, 1.82) is 0 Å². The van der Waals surface area contributed by atoms with Crippen molar-refractivity contribution in [3.05, 3.63) is 34.3 Å². The van der Waals surface area contributed by atoms with Gasteiger partial charge in [-0.15, -0.1) is 11.6 Å². The summed E-state index contributed by atoms with van der Waals surface area (Å²) in [4.78, 5) is 12.1. The molecule has 2 nitrogen and oxygen atoms in total. The third-order valence-corrected chi connectivity index (χ3v) is 4.59. The van der Waals surface area contributed by atoms with E-state index in [1.807, 2.05) is 13.0 Å². The molecule has 2 atom stereocenters. The molecule has 1 fully saturated rings. The smallest absolute Gasteiger partial charge is 0.251 e. The summed E-state index contributed by atoms with van der Waals surface area (Å²) in [6, 6.07) is 5.41. The maximum Gasteiger partial charge on any atom is 0.251 e. The summed E-state index contributed by atoms with van der Waals surface area (Å²) in [6.45, 7) is 2.57. The van der Waals surface area contributed by atoms with Gasteiger partial charge in [0.25, 0.3) is 5.91 Å². The number of halogens is 2. The van der Waals surface area contributed by atoms with Crippen molar-refractivity contribution in [2.75, 3.05) is 6.54 Å². The lowest BCUT2D eigenvalue weighted by atomic mass is 9.89. The Balaban J connectivity index is 1.92. The third-order valence-electron chi connectivity index (χ3n) is 3.78. The fourth-order valence-electron chi connectivity index (χ4n) is 2.60. The standard InChI is InChI=1S/C15H19Cl2NO/c1-10-13(6-3-7-14(10)17)15(19)18-9-11-4-2-5-12(16)8-11/h3,6-7,11-12H,2,4-5,8-9H2,1H3,(H,18,19). The van der Waals surface area contributed by atoms with E-state index in [2.05, 4.69) is 5.32 Å². The van der Waals surface area contributed by atoms with Gasteiger partial charge >= 0.3 is 0 Å². The first kappa shape index (κ1) is 14.7. The topological polar surface area (TPSA) is 29.1 Å². The highest BCUT2D eigenvalue weighted by Gasteiger charge is 2.21. The zero-order valence-corrected chi connectivity index (χ0v) is 12.6. The number of benzene rings is 1. The average molecular weight is 300 g/mol. The quantitative estimate of drug-likeness (QED) is 0.834. The van der Waals surface area contributed by atoms with Crippen LogP contribution in [0.4, 0.5) is 0 Å². The Hall–Kier alpha value is -0.730. The van der Waals surface area contributed by atoms with Crippen LogP contribution in [0.1, 0.15) is 41.6 Å². The molecule has 1 amide bonds. The third kappa shape index (κ3) is 3.87. The van der Waals surface area contributed by atoms with E-state index in [1.54, 1.807) is 12.1 Å². The molecule has 0 saturated heterocycles. The Morgan fingerprint density at radius 3 is 2.95 bits per heavy atom. The second-order valence-electron chi connectivity index (χ2n) is 5.25. The first-order valence-electron chi connectivity index (χ1n) is 6.75. The van der Waals surface area contributed by atoms with Crippen LogP contribution in [0.5, 0.6) is 0 Å². The highest BCUT2D eigenvalue weighted by molar-refractivity contribution is 6.31. The lowest BCUT2D eigenvalue weighted by Gasteiger charge is -2.25. The molecule has 0 aliphatic heterocycles. The number of carbonyl (C=O) groups excluding carboxylic acids is 1. The molecule has 0 bridgehead atoms. The summed E-state index contributed by atoms with van der Waals surface area (Å²) < 4.78 is 0. The van der Waals surface area contributed by atoms with E-state index in [1.165, 1.54) is 0 Å². The first-order valence-corrected chi connectivity index (χ1v) is 7.56. The molecule has 1 aromatic carbocycles. The van der Waals surface area contributed by atoms with Crippen molar-refractivity contribution >= 4 is 29.1 Å². The zero-order valence-electron chi connectivity index (χ0n) is 11.1. The first-order chi connectivity index (χ1) is 9.08. The van der Waals surface area contributed by atoms with Gasteiger partial charge in [-0.25, -0.2) is 0 Å². The maximum atomic E-state index is 12.1. The van der Waals surface area contributed by atoms with Crippen LogP contribution in [0, 0.1) is 12.8 Å². The molecule has 1 saturated carbocycles. The van der Waals surface area contributed by atoms with Gasteiger partial charge in [0, 0.05) is 22.5 Å². The fraction of sp³-hybridized carbons (Fsp3) is 0.533. The molecule has 1 aliphatic carbocycles. The number of carbonyl (C=O) groups is 1. The fourth-order valence-corrected chi connectivity index (χ4v) is 3.18. The van der Waals surface area contributed by atoms with Gasteiger partial charge in [0.15, 0.2) is 0 Å². The second kappa shape index (κ2) is 6.62. The summed E-state index contributed by atoms with van der Waals surface area (Å²) >= 11 is 12.2. The van der Waals surface area contributed by atoms with Gasteiger partial charge in [0.1, 0.15) is 0 Å². The molecule has 0 spiro atoms. The van der Waals surface area contributed by atoms with Crippen LogP contribution in [0.2, 0.25) is 5.02 Å². The van der Waals surface area contributed by atoms with E-state index >= 15 is 0 Å². The van der Waals surface area contributed by atoms with Crippen LogP contribution in [0.25, 0.3) is 0 Å². The minimum Gasteiger partial charge on any atom is -0.352 e. The number of rotatable bonds is 3. The van der Waals surface area contributed by atoms with Crippen molar-refractivity contribution in [1.82, 2.24) is 5.32 Å². The van der Waals surface area contributed by atoms with Crippen molar-refractivity contribution in [2.24, 2.45) is 5.92 Å². The van der Waals surface area contributed by atoms with Crippen LogP contribution < -0.4 is 5.32 Å². The van der Waals surface area contributed by atoms with Gasteiger partial charge in [-0.05, 0) is 49.8 Å². The molecule has 1 aromatic rings. The predicted octanol–water partition coefficient (Wildman–Crippen LogP) is 4.18. The van der Waals surface area contributed by atoms with E-state index in [0.29, 0.717) is 23.0 Å². The lowest BCUT2D eigenvalue weighted by molar-refractivity contribution is 0.0943. The van der Waals surface area contributed by atoms with Gasteiger partial charge in [-0.1, -0.05) is 24.1 Å². The van der Waals surface area contributed by atoms with E-state index < -0.39 is 0 Å². The van der Waals surface area contributed by atoms with E-state index in [4.69, 9.17) is 23.2 Å². The predicted molar refractivity (Wildman–Crippen MR) is 80.1 cm³/mol. The summed E-state index contributed by atoms with van der Waals surface area (Å²) in [6.07, 6.45) is 4.40. The van der Waals surface area contributed by atoms with Gasteiger partial charge in [0.2, 0.25) is 0 Å². The largest absolute Gasteiger partial charge is 0.352 e. The molecule has 0 aromatic heterocycles. The SMILES string of the molecule is Cc1c(Cl)cccc1C(=O)NCC1CCCC(Cl)C1. The van der Waals surface area contributed by atoms with Gasteiger partial charge in [-0.2, -0.15) is 0 Å². The zero-order chi connectivity index (χ0) is 13.8. The molecular weight excluding hydrogens is 281 g/mol. The van der Waals surface area contributed by atoms with E-state index in [9.17, 15) is 4.79 Å². The molecule has 4 heteroatoms. The van der Waals surface area contributed by atoms with Crippen molar-refractivity contribution < 1.29 is 4.79 Å². The number of nitrogens with one attached hydrogen (secondary N) is 1. The van der Waals surface area contributed by atoms with E-state index in [0.717, 1.165) is 31.2 Å². The Bertz CT molecular complexity index is 461. The van der Waals surface area contributed by atoms with Gasteiger partial charge < -0.3 is 5.32 Å². The molecular formula is C15H19Cl2NO. The molecule has 1 N–H and O–H groups in total. The monoisotopic (exact) mass is 299 g/mol. The Labute approximate surface area is 124 Å². The lowest BCUT2D eigenvalue weighted by Crippen LogP contribution is -2.32. The molecule has 2 unspecified atom stereocenters. The molecule has 1 aliphatic rings. The van der Waals surface area contributed by atoms with Crippen LogP contribution in [-0.2, 0) is 0 Å². The number of hydrogen-bond acceptors (Lipinski definition) is 1. The average Bonchev–Trinajstić information content (AvgIpc) is 2.39. The second-order valence-corrected chi connectivity index (χ2v) is 6.28. The summed E-state index contributed by atoms with van der Waals surface area (Å²) in [5.41, 5.74) is 1.49. The normalized spacial score (nSPS) is 23.1. The van der Waals surface area contributed by atoms with Gasteiger partial charge in [0.05, 0.1) is 0 Å². The van der Waals surface area contributed by atoms with Crippen LogP contribution >= 0.6 is 23.2 Å². The maximum absolute atomic E-state index is 12.1. The minimum atomic E-state index is -0.0447. The summed E-state index contributed by atoms with van der Waals surface area (Å²) in [5.74, 6) is 0.455. The Morgan fingerprint density at radius 2 is 2.21 bits per heavy atom. The minimum absolute atomic E-state index is 0.0447. The van der Waals surface area contributed by atoms with E-state index in [-0.39, 0.29) is 11.3 Å². The van der Waals surface area contributed by atoms with Crippen molar-refractivity contribution in [3.8, 4) is 0 Å². The summed E-state index contributed by atoms with van der Waals surface area (Å²) in [7, 11) is 0. The number of alkyl halides is 1.